The molecule has 438 valence electrons. The molecule has 0 aliphatic heterocycles. The Morgan fingerprint density at radius 1 is 0.170 bits per heavy atom. The first-order valence-electron chi connectivity index (χ1n) is 31.6. The molecule has 94 heavy (non-hydrogen) atoms. The van der Waals surface area contributed by atoms with Gasteiger partial charge in [0.1, 0.15) is 22.3 Å². The van der Waals surface area contributed by atoms with Crippen LogP contribution < -0.4 is 0 Å². The Bertz CT molecular complexity index is 5900. The number of hydrogen-bond acceptors (Lipinski definition) is 7. The molecule has 0 aliphatic carbocycles. The summed E-state index contributed by atoms with van der Waals surface area (Å²) < 4.78 is 12.7. The van der Waals surface area contributed by atoms with Gasteiger partial charge in [-0.1, -0.05) is 255 Å². The molecule has 0 saturated heterocycles. The van der Waals surface area contributed by atoms with Gasteiger partial charge in [0.15, 0.2) is 23.3 Å². The summed E-state index contributed by atoms with van der Waals surface area (Å²) in [6.07, 6.45) is 0. The van der Waals surface area contributed by atoms with E-state index in [9.17, 15) is 0 Å². The van der Waals surface area contributed by atoms with Crippen molar-refractivity contribution in [2.45, 2.75) is 0 Å². The normalized spacial score (nSPS) is 11.6. The van der Waals surface area contributed by atoms with E-state index in [1.54, 1.807) is 0 Å². The molecule has 18 aromatic rings. The van der Waals surface area contributed by atoms with Gasteiger partial charge in [0, 0.05) is 54.9 Å². The van der Waals surface area contributed by atoms with Crippen LogP contribution in [0, 0.1) is 0 Å². The van der Waals surface area contributed by atoms with Crippen LogP contribution >= 0.6 is 0 Å². The molecule has 7 heteroatoms. The Balaban J connectivity index is 0.613. The number of rotatable bonds is 11. The Labute approximate surface area is 541 Å². The molecule has 0 amide bonds. The molecule has 0 N–H and O–H groups in total. The van der Waals surface area contributed by atoms with Gasteiger partial charge in [-0.3, -0.25) is 0 Å². The number of benzene rings is 14. The Kier molecular flexibility index (Phi) is 13.1. The van der Waals surface area contributed by atoms with Crippen LogP contribution in [0.25, 0.3) is 189 Å². The van der Waals surface area contributed by atoms with E-state index in [1.165, 1.54) is 0 Å². The van der Waals surface area contributed by atoms with Crippen LogP contribution in [-0.4, -0.2) is 24.9 Å². The second-order valence-electron chi connectivity index (χ2n) is 23.9. The van der Waals surface area contributed by atoms with E-state index in [0.717, 1.165) is 166 Å². The standard InChI is InChI=1S/C87H53N5O2/c1-4-15-58(16-5-1)84-88-78(53-79(89-84)73-44-43-70(71-23-10-11-24-72(71)73)56-31-27-54(28-32-56)66-40-45-81-76(50-66)74-25-12-13-26-80(74)93-81)57-33-29-55(30-34-57)68-39-42-75-77-51-67(41-46-82(77)94-83(75)52-68)62-22-14-21-61(47-62)63-35-36-65-49-69(38-37-64(65)48-63)87-91-85(59-17-6-2-7-18-59)90-86(92-87)60-19-8-3-9-20-60/h1-53H. The molecule has 0 bridgehead atoms. The van der Waals surface area contributed by atoms with Crippen molar-refractivity contribution in [3.63, 3.8) is 0 Å². The molecular formula is C87H53N5O2. The van der Waals surface area contributed by atoms with Gasteiger partial charge in [0.2, 0.25) is 0 Å². The maximum absolute atomic E-state index is 6.61. The maximum atomic E-state index is 6.61. The maximum Gasteiger partial charge on any atom is 0.164 e. The molecule has 4 aromatic heterocycles. The van der Waals surface area contributed by atoms with Crippen molar-refractivity contribution in [2.24, 2.45) is 0 Å². The summed E-state index contributed by atoms with van der Waals surface area (Å²) in [4.78, 5) is 25.4. The van der Waals surface area contributed by atoms with E-state index < -0.39 is 0 Å². The highest BCUT2D eigenvalue weighted by atomic mass is 16.3. The van der Waals surface area contributed by atoms with Crippen molar-refractivity contribution in [3.8, 4) is 124 Å². The molecule has 18 rings (SSSR count). The van der Waals surface area contributed by atoms with E-state index in [-0.39, 0.29) is 0 Å². The zero-order chi connectivity index (χ0) is 62.1. The molecule has 0 radical (unpaired) electrons. The van der Waals surface area contributed by atoms with E-state index in [0.29, 0.717) is 23.3 Å². The van der Waals surface area contributed by atoms with Gasteiger partial charge >= 0.3 is 0 Å². The monoisotopic (exact) mass is 1200 g/mol. The minimum Gasteiger partial charge on any atom is -0.456 e. The summed E-state index contributed by atoms with van der Waals surface area (Å²) in [6.45, 7) is 0. The number of nitrogens with zero attached hydrogens (tertiary/aromatic N) is 5. The van der Waals surface area contributed by atoms with E-state index in [4.69, 9.17) is 33.8 Å². The number of hydrogen-bond donors (Lipinski definition) is 0. The van der Waals surface area contributed by atoms with E-state index in [2.05, 4.69) is 231 Å². The third-order valence-electron chi connectivity index (χ3n) is 18.2. The van der Waals surface area contributed by atoms with Crippen LogP contribution in [0.2, 0.25) is 0 Å². The van der Waals surface area contributed by atoms with Crippen molar-refractivity contribution < 1.29 is 8.83 Å². The summed E-state index contributed by atoms with van der Waals surface area (Å²) in [5.41, 5.74) is 22.3. The van der Waals surface area contributed by atoms with Crippen molar-refractivity contribution in [1.29, 1.82) is 0 Å². The molecule has 0 atom stereocenters. The molecular weight excluding hydrogens is 1150 g/mol. The van der Waals surface area contributed by atoms with Crippen molar-refractivity contribution >= 4 is 65.4 Å². The molecule has 14 aromatic carbocycles. The van der Waals surface area contributed by atoms with Gasteiger partial charge in [0.05, 0.1) is 11.4 Å². The minimum atomic E-state index is 0.634. The smallest absolute Gasteiger partial charge is 0.164 e. The summed E-state index contributed by atoms with van der Waals surface area (Å²) in [7, 11) is 0. The highest BCUT2D eigenvalue weighted by molar-refractivity contribution is 6.09. The molecule has 7 nitrogen and oxygen atoms in total. The first kappa shape index (κ1) is 54.2. The molecule has 0 spiro atoms. The Morgan fingerprint density at radius 3 is 1.18 bits per heavy atom. The second kappa shape index (κ2) is 22.6. The largest absolute Gasteiger partial charge is 0.456 e. The lowest BCUT2D eigenvalue weighted by Crippen LogP contribution is -2.00. The summed E-state index contributed by atoms with van der Waals surface area (Å²) in [5, 5.41) is 8.91. The summed E-state index contributed by atoms with van der Waals surface area (Å²) in [5.74, 6) is 2.59. The molecule has 4 heterocycles. The van der Waals surface area contributed by atoms with Crippen LogP contribution in [0.5, 0.6) is 0 Å². The van der Waals surface area contributed by atoms with Crippen LogP contribution in [0.4, 0.5) is 0 Å². The molecule has 0 saturated carbocycles. The predicted molar refractivity (Wildman–Crippen MR) is 385 cm³/mol. The third-order valence-corrected chi connectivity index (χ3v) is 18.2. The van der Waals surface area contributed by atoms with E-state index in [1.807, 2.05) is 91.0 Å². The lowest BCUT2D eigenvalue weighted by atomic mass is 9.92. The average molecular weight is 1200 g/mol. The number of fused-ring (bicyclic) bond motifs is 8. The average Bonchev–Trinajstić information content (AvgIpc) is 1.42. The highest BCUT2D eigenvalue weighted by Crippen LogP contribution is 2.41. The van der Waals surface area contributed by atoms with Gasteiger partial charge in [-0.15, -0.1) is 0 Å². The zero-order valence-electron chi connectivity index (χ0n) is 50.7. The first-order valence-corrected chi connectivity index (χ1v) is 31.6. The lowest BCUT2D eigenvalue weighted by molar-refractivity contribution is 0.668. The summed E-state index contributed by atoms with van der Waals surface area (Å²) in [6, 6.07) is 113. The fourth-order valence-corrected chi connectivity index (χ4v) is 13.3. The Hall–Kier alpha value is -12.7. The van der Waals surface area contributed by atoms with Crippen LogP contribution in [0.15, 0.2) is 330 Å². The van der Waals surface area contributed by atoms with Crippen molar-refractivity contribution in [3.05, 3.63) is 322 Å². The molecule has 0 unspecified atom stereocenters. The quantitative estimate of drug-likeness (QED) is 0.127. The Morgan fingerprint density at radius 2 is 0.553 bits per heavy atom. The van der Waals surface area contributed by atoms with E-state index >= 15 is 0 Å². The third kappa shape index (κ3) is 9.92. The fourth-order valence-electron chi connectivity index (χ4n) is 13.3. The highest BCUT2D eigenvalue weighted by Gasteiger charge is 2.19. The fraction of sp³-hybridized carbons (Fsp3) is 0. The predicted octanol–water partition coefficient (Wildman–Crippen LogP) is 23.1. The molecule has 0 aliphatic rings. The van der Waals surface area contributed by atoms with Crippen molar-refractivity contribution in [1.82, 2.24) is 24.9 Å². The van der Waals surface area contributed by atoms with Crippen LogP contribution in [0.1, 0.15) is 0 Å². The zero-order valence-corrected chi connectivity index (χ0v) is 50.7. The number of aromatic nitrogens is 5. The van der Waals surface area contributed by atoms with Crippen molar-refractivity contribution in [2.75, 3.05) is 0 Å². The van der Waals surface area contributed by atoms with Gasteiger partial charge in [-0.05, 0) is 144 Å². The van der Waals surface area contributed by atoms with Gasteiger partial charge in [-0.2, -0.15) is 0 Å². The summed E-state index contributed by atoms with van der Waals surface area (Å²) >= 11 is 0. The van der Waals surface area contributed by atoms with Crippen LogP contribution in [-0.2, 0) is 0 Å². The van der Waals surface area contributed by atoms with Gasteiger partial charge < -0.3 is 8.83 Å². The van der Waals surface area contributed by atoms with Gasteiger partial charge in [0.25, 0.3) is 0 Å². The topological polar surface area (TPSA) is 90.7 Å². The number of furan rings is 2. The minimum absolute atomic E-state index is 0.634. The number of para-hydroxylation sites is 1. The first-order chi connectivity index (χ1) is 46.5. The SMILES string of the molecule is c1ccc(-c2nc(-c3ccc(-c4ccc5c(c4)oc4ccc(-c6cccc(-c7ccc8cc(-c9nc(-c%10ccccc%10)nc(-c%10ccccc%10)n9)ccc8c7)c6)cc45)cc3)cc(-c3ccc(-c4ccc(-c5ccc6oc7ccccc7c6c5)cc4)c4ccccc34)n2)cc1. The van der Waals surface area contributed by atoms with Crippen LogP contribution in [0.3, 0.4) is 0 Å². The molecule has 0 fully saturated rings. The second-order valence-corrected chi connectivity index (χ2v) is 23.9. The lowest BCUT2D eigenvalue weighted by Gasteiger charge is -2.14. The van der Waals surface area contributed by atoms with Gasteiger partial charge in [-0.25, -0.2) is 24.9 Å².